The van der Waals surface area contributed by atoms with Gasteiger partial charge >= 0.3 is 12.7 Å². The lowest BCUT2D eigenvalue weighted by Gasteiger charge is -2.25. The molecule has 28 heavy (non-hydrogen) atoms. The van der Waals surface area contributed by atoms with Crippen molar-refractivity contribution in [3.05, 3.63) is 29.3 Å². The fraction of sp³-hybridized carbons (Fsp3) is 0.579. The lowest BCUT2D eigenvalue weighted by molar-refractivity contribution is -0.0504. The maximum absolute atomic E-state index is 12.6. The number of rotatable bonds is 7. The Kier molecular flexibility index (Phi) is 8.94. The molecule has 158 valence electrons. The average molecular weight is 400 g/mol. The third-order valence-corrected chi connectivity index (χ3v) is 3.55. The van der Waals surface area contributed by atoms with E-state index in [0.29, 0.717) is 24.6 Å². The van der Waals surface area contributed by atoms with Crippen LogP contribution in [0, 0.1) is 6.92 Å². The number of hydrogen-bond acceptors (Lipinski definition) is 4. The first-order valence-corrected chi connectivity index (χ1v) is 8.95. The van der Waals surface area contributed by atoms with Crippen molar-refractivity contribution in [2.45, 2.75) is 46.5 Å². The van der Waals surface area contributed by atoms with Gasteiger partial charge in [-0.25, -0.2) is 4.79 Å². The number of carbonyl (C=O) groups excluding carboxylic acids is 1. The monoisotopic (exact) mass is 400 g/mol. The molecule has 0 unspecified atom stereocenters. The van der Waals surface area contributed by atoms with Gasteiger partial charge in [0.2, 0.25) is 0 Å². The highest BCUT2D eigenvalue weighted by atomic mass is 19.3. The number of aryl methyl sites for hydroxylation is 1. The number of carbonyl (C=O) groups is 1. The Balaban J connectivity index is 2.54. The van der Waals surface area contributed by atoms with Gasteiger partial charge in [-0.3, -0.25) is 4.99 Å². The first-order valence-electron chi connectivity index (χ1n) is 8.95. The summed E-state index contributed by atoms with van der Waals surface area (Å²) in [4.78, 5) is 17.5. The van der Waals surface area contributed by atoms with Crippen molar-refractivity contribution in [3.63, 3.8) is 0 Å². The third kappa shape index (κ3) is 8.88. The van der Waals surface area contributed by atoms with E-state index in [4.69, 9.17) is 4.74 Å². The summed E-state index contributed by atoms with van der Waals surface area (Å²) in [6.07, 6.45) is -0.411. The van der Waals surface area contributed by atoms with E-state index >= 15 is 0 Å². The fourth-order valence-electron chi connectivity index (χ4n) is 2.23. The molecule has 7 nitrogen and oxygen atoms in total. The number of guanidine groups is 1. The highest BCUT2D eigenvalue weighted by Crippen LogP contribution is 2.21. The van der Waals surface area contributed by atoms with Crippen LogP contribution in [0.15, 0.2) is 23.2 Å². The van der Waals surface area contributed by atoms with Crippen LogP contribution in [0.4, 0.5) is 13.6 Å². The topological polar surface area (TPSA) is 75.2 Å². The van der Waals surface area contributed by atoms with Crippen molar-refractivity contribution in [2.75, 3.05) is 27.2 Å². The third-order valence-electron chi connectivity index (χ3n) is 3.55. The van der Waals surface area contributed by atoms with Crippen LogP contribution in [-0.4, -0.2) is 56.4 Å². The summed E-state index contributed by atoms with van der Waals surface area (Å²) in [5.41, 5.74) is 0.969. The van der Waals surface area contributed by atoms with Crippen molar-refractivity contribution >= 4 is 12.1 Å². The molecule has 0 aliphatic rings. The predicted octanol–water partition coefficient (Wildman–Crippen LogP) is 3.13. The molecule has 0 atom stereocenters. The number of alkyl halides is 2. The van der Waals surface area contributed by atoms with Crippen LogP contribution in [0.25, 0.3) is 0 Å². The number of ether oxygens (including phenoxy) is 2. The molecule has 0 heterocycles. The molecule has 1 rings (SSSR count). The molecule has 0 saturated carbocycles. The van der Waals surface area contributed by atoms with E-state index in [1.165, 1.54) is 11.0 Å². The molecular weight excluding hydrogens is 370 g/mol. The van der Waals surface area contributed by atoms with Crippen molar-refractivity contribution in [1.82, 2.24) is 15.5 Å². The van der Waals surface area contributed by atoms with E-state index in [1.54, 1.807) is 47.0 Å². The zero-order valence-electron chi connectivity index (χ0n) is 17.3. The second-order valence-corrected chi connectivity index (χ2v) is 7.24. The van der Waals surface area contributed by atoms with E-state index in [9.17, 15) is 13.6 Å². The Bertz CT molecular complexity index is 676. The molecule has 0 aromatic heterocycles. The first-order chi connectivity index (χ1) is 13.0. The Hall–Kier alpha value is -2.58. The van der Waals surface area contributed by atoms with Gasteiger partial charge in [-0.05, 0) is 33.8 Å². The molecule has 1 amide bonds. The van der Waals surface area contributed by atoms with Gasteiger partial charge < -0.3 is 25.0 Å². The number of likely N-dealkylation sites (N-methyl/N-ethyl adjacent to an activating group) is 1. The molecule has 0 spiro atoms. The molecule has 0 radical (unpaired) electrons. The summed E-state index contributed by atoms with van der Waals surface area (Å²) in [6.45, 7) is 5.49. The van der Waals surface area contributed by atoms with Gasteiger partial charge in [0, 0.05) is 39.3 Å². The van der Waals surface area contributed by atoms with Crippen molar-refractivity contribution < 1.29 is 23.0 Å². The quantitative estimate of drug-likeness (QED) is 0.543. The number of hydrogen-bond donors (Lipinski definition) is 2. The van der Waals surface area contributed by atoms with Gasteiger partial charge in [0.15, 0.2) is 5.96 Å². The van der Waals surface area contributed by atoms with Crippen LogP contribution in [0.2, 0.25) is 0 Å². The molecule has 9 heteroatoms. The Labute approximate surface area is 165 Å². The van der Waals surface area contributed by atoms with Gasteiger partial charge in [0.1, 0.15) is 11.4 Å². The van der Waals surface area contributed by atoms with Crippen molar-refractivity contribution in [3.8, 4) is 5.75 Å². The van der Waals surface area contributed by atoms with Gasteiger partial charge in [-0.2, -0.15) is 8.78 Å². The maximum atomic E-state index is 12.6. The van der Waals surface area contributed by atoms with Crippen LogP contribution >= 0.6 is 0 Å². The molecule has 0 fully saturated rings. The van der Waals surface area contributed by atoms with E-state index < -0.39 is 18.3 Å². The van der Waals surface area contributed by atoms with Gasteiger partial charge in [-0.1, -0.05) is 17.7 Å². The number of halogens is 2. The number of benzene rings is 1. The molecule has 0 saturated heterocycles. The summed E-state index contributed by atoms with van der Waals surface area (Å²) in [5, 5.41) is 6.11. The minimum Gasteiger partial charge on any atom is -0.444 e. The number of aliphatic imine (C=N–C) groups is 1. The van der Waals surface area contributed by atoms with E-state index in [2.05, 4.69) is 20.4 Å². The number of nitrogens with one attached hydrogen (secondary N) is 2. The maximum Gasteiger partial charge on any atom is 0.410 e. The molecule has 0 bridgehead atoms. The molecule has 0 aliphatic heterocycles. The zero-order chi connectivity index (χ0) is 21.3. The van der Waals surface area contributed by atoms with Crippen LogP contribution in [0.1, 0.15) is 31.9 Å². The van der Waals surface area contributed by atoms with Crippen LogP contribution in [0.5, 0.6) is 5.75 Å². The van der Waals surface area contributed by atoms with E-state index in [-0.39, 0.29) is 12.3 Å². The van der Waals surface area contributed by atoms with Gasteiger partial charge in [0.05, 0.1) is 0 Å². The average Bonchev–Trinajstić information content (AvgIpc) is 2.57. The highest BCUT2D eigenvalue weighted by Gasteiger charge is 2.19. The summed E-state index contributed by atoms with van der Waals surface area (Å²) >= 11 is 0. The van der Waals surface area contributed by atoms with Crippen molar-refractivity contribution in [2.24, 2.45) is 4.99 Å². The van der Waals surface area contributed by atoms with Crippen LogP contribution < -0.4 is 15.4 Å². The summed E-state index contributed by atoms with van der Waals surface area (Å²) in [6, 6.07) is 5.00. The Morgan fingerprint density at radius 2 is 1.96 bits per heavy atom. The Morgan fingerprint density at radius 3 is 2.54 bits per heavy atom. The standard InChI is InChI=1S/C19H30F2N4O3/c1-13-7-8-15(27-16(20)21)14(11-13)12-24-17(22-5)23-9-10-25(6)18(26)28-19(2,3)4/h7-8,11,16H,9-10,12H2,1-6H3,(H2,22,23,24). The highest BCUT2D eigenvalue weighted by molar-refractivity contribution is 5.79. The second-order valence-electron chi connectivity index (χ2n) is 7.24. The van der Waals surface area contributed by atoms with Gasteiger partial charge in [0.25, 0.3) is 0 Å². The lowest BCUT2D eigenvalue weighted by Crippen LogP contribution is -2.42. The first kappa shape index (κ1) is 23.5. The lowest BCUT2D eigenvalue weighted by atomic mass is 10.1. The van der Waals surface area contributed by atoms with Crippen LogP contribution in [-0.2, 0) is 11.3 Å². The largest absolute Gasteiger partial charge is 0.444 e. The van der Waals surface area contributed by atoms with E-state index in [0.717, 1.165) is 5.56 Å². The number of nitrogens with zero attached hydrogens (tertiary/aromatic N) is 2. The smallest absolute Gasteiger partial charge is 0.410 e. The minimum absolute atomic E-state index is 0.119. The SMILES string of the molecule is CN=C(NCCN(C)C(=O)OC(C)(C)C)NCc1cc(C)ccc1OC(F)F. The van der Waals surface area contributed by atoms with E-state index in [1.807, 2.05) is 6.92 Å². The zero-order valence-corrected chi connectivity index (χ0v) is 17.3. The second kappa shape index (κ2) is 10.7. The number of amides is 1. The molecular formula is C19H30F2N4O3. The van der Waals surface area contributed by atoms with Gasteiger partial charge in [-0.15, -0.1) is 0 Å². The Morgan fingerprint density at radius 1 is 1.29 bits per heavy atom. The molecule has 1 aromatic rings. The summed E-state index contributed by atoms with van der Waals surface area (Å²) in [5.74, 6) is 0.593. The molecule has 2 N–H and O–H groups in total. The fourth-order valence-corrected chi connectivity index (χ4v) is 2.23. The minimum atomic E-state index is -2.89. The normalized spacial score (nSPS) is 12.0. The van der Waals surface area contributed by atoms with Crippen molar-refractivity contribution in [1.29, 1.82) is 0 Å². The summed E-state index contributed by atoms with van der Waals surface area (Å²) in [7, 11) is 3.24. The predicted molar refractivity (Wildman–Crippen MR) is 105 cm³/mol. The molecule has 0 aliphatic carbocycles. The molecule has 1 aromatic carbocycles. The van der Waals surface area contributed by atoms with Crippen LogP contribution in [0.3, 0.4) is 0 Å². The summed E-state index contributed by atoms with van der Waals surface area (Å²) < 4.78 is 34.9.